The molecule has 3 aliphatic rings. The summed E-state index contributed by atoms with van der Waals surface area (Å²) < 4.78 is 4.89. The number of cyclic esters (lactones) is 1. The van der Waals surface area contributed by atoms with E-state index in [9.17, 15) is 20.1 Å². The van der Waals surface area contributed by atoms with Crippen LogP contribution >= 0.6 is 0 Å². The third-order valence-electron chi connectivity index (χ3n) is 7.31. The number of ether oxygens (including phenoxy) is 1. The van der Waals surface area contributed by atoms with Gasteiger partial charge < -0.3 is 20.1 Å². The first-order valence-corrected chi connectivity index (χ1v) is 9.28. The number of hydrogen-bond donors (Lipinski definition) is 3. The molecule has 142 valence electrons. The van der Waals surface area contributed by atoms with Gasteiger partial charge in [-0.3, -0.25) is 0 Å². The number of esters is 1. The Morgan fingerprint density at radius 1 is 1.31 bits per heavy atom. The zero-order valence-corrected chi connectivity index (χ0v) is 15.3. The predicted octanol–water partition coefficient (Wildman–Crippen LogP) is 2.23. The van der Waals surface area contributed by atoms with Crippen molar-refractivity contribution in [3.05, 3.63) is 23.5 Å². The quantitative estimate of drug-likeness (QED) is 0.389. The Bertz CT molecular complexity index is 615. The van der Waals surface area contributed by atoms with Crippen LogP contribution < -0.4 is 0 Å². The maximum absolute atomic E-state index is 11.8. The summed E-state index contributed by atoms with van der Waals surface area (Å²) in [6.45, 7) is 8.48. The summed E-state index contributed by atoms with van der Waals surface area (Å²) in [5.41, 5.74) is 1.01. The number of aliphatic hydroxyl groups excluding tert-OH is 3. The van der Waals surface area contributed by atoms with Gasteiger partial charge >= 0.3 is 57.4 Å². The van der Waals surface area contributed by atoms with Gasteiger partial charge in [-0.25, -0.2) is 4.79 Å². The van der Waals surface area contributed by atoms with E-state index in [1.54, 1.807) is 0 Å². The standard InChI is InChI=1S/C20H30O5.K.H/c1-12-4-7-16-19(2,9-8-17(23)20(16,3)11-21)14(12)6-5-13-15(22)10-25-18(13)24;;/h14,16-17,21-23H,1,4-11H2,2-3H3;;/t14-,16+,17-,19+,20+;;/m1../s1. The van der Waals surface area contributed by atoms with Gasteiger partial charge in [0.2, 0.25) is 0 Å². The summed E-state index contributed by atoms with van der Waals surface area (Å²) in [6, 6.07) is 0. The van der Waals surface area contributed by atoms with E-state index in [-0.39, 0.29) is 87.6 Å². The second-order valence-electron chi connectivity index (χ2n) is 8.57. The SMILES string of the molecule is C=C1CC[C@@H]2[C@](C)(CO)[C@H](O)CC[C@@]2(C)[C@@H]1CCC1=C(O)COC1=O.[KH]. The van der Waals surface area contributed by atoms with Crippen LogP contribution in [0.15, 0.2) is 23.5 Å². The molecule has 0 bridgehead atoms. The average Bonchev–Trinajstić information content (AvgIpc) is 2.89. The van der Waals surface area contributed by atoms with Gasteiger partial charge in [0.05, 0.1) is 18.3 Å². The molecule has 5 atom stereocenters. The first-order valence-electron chi connectivity index (χ1n) is 9.28. The Labute approximate surface area is 198 Å². The number of fused-ring (bicyclic) bond motifs is 1. The molecular weight excluding hydrogens is 359 g/mol. The van der Waals surface area contributed by atoms with Gasteiger partial charge in [0.1, 0.15) is 12.4 Å². The fourth-order valence-electron chi connectivity index (χ4n) is 5.69. The van der Waals surface area contributed by atoms with Crippen molar-refractivity contribution in [3.63, 3.8) is 0 Å². The minimum absolute atomic E-state index is 0. The molecule has 2 saturated carbocycles. The zero-order valence-electron chi connectivity index (χ0n) is 15.3. The molecule has 6 heteroatoms. The fraction of sp³-hybridized carbons (Fsp3) is 0.750. The number of carbonyl (C=O) groups excluding carboxylic acids is 1. The second-order valence-corrected chi connectivity index (χ2v) is 8.57. The summed E-state index contributed by atoms with van der Waals surface area (Å²) in [6.07, 6.45) is 4.09. The number of aliphatic hydroxyl groups is 3. The predicted molar refractivity (Wildman–Crippen MR) is 101 cm³/mol. The monoisotopic (exact) mass is 390 g/mol. The summed E-state index contributed by atoms with van der Waals surface area (Å²) in [4.78, 5) is 11.8. The van der Waals surface area contributed by atoms with Crippen LogP contribution in [0.4, 0.5) is 0 Å². The normalized spacial score (nSPS) is 40.1. The molecule has 0 amide bonds. The van der Waals surface area contributed by atoms with Crippen LogP contribution in [0.3, 0.4) is 0 Å². The Balaban J connectivity index is 0.00000243. The molecule has 3 rings (SSSR count). The molecule has 0 aromatic carbocycles. The van der Waals surface area contributed by atoms with Gasteiger partial charge in [-0.2, -0.15) is 0 Å². The van der Waals surface area contributed by atoms with E-state index in [1.807, 2.05) is 6.92 Å². The Morgan fingerprint density at radius 3 is 2.58 bits per heavy atom. The molecule has 0 unspecified atom stereocenters. The van der Waals surface area contributed by atoms with E-state index in [0.717, 1.165) is 25.7 Å². The fourth-order valence-corrected chi connectivity index (χ4v) is 5.69. The molecule has 26 heavy (non-hydrogen) atoms. The van der Waals surface area contributed by atoms with Crippen molar-refractivity contribution >= 4 is 57.4 Å². The number of rotatable bonds is 4. The number of carbonyl (C=O) groups is 1. The molecule has 1 aliphatic heterocycles. The van der Waals surface area contributed by atoms with Gasteiger partial charge in [0.15, 0.2) is 0 Å². The minimum atomic E-state index is -0.500. The summed E-state index contributed by atoms with van der Waals surface area (Å²) in [7, 11) is 0. The molecule has 0 saturated heterocycles. The third kappa shape index (κ3) is 3.63. The second kappa shape index (κ2) is 8.35. The van der Waals surface area contributed by atoms with Crippen LogP contribution in [0, 0.1) is 22.7 Å². The van der Waals surface area contributed by atoms with Crippen LogP contribution in [0.1, 0.15) is 52.4 Å². The molecule has 2 fully saturated rings. The molecule has 5 nitrogen and oxygen atoms in total. The molecule has 2 aliphatic carbocycles. The molecule has 0 aromatic heterocycles. The van der Waals surface area contributed by atoms with Crippen molar-refractivity contribution in [2.75, 3.05) is 13.2 Å². The van der Waals surface area contributed by atoms with Gasteiger partial charge in [0.25, 0.3) is 0 Å². The van der Waals surface area contributed by atoms with Crippen molar-refractivity contribution in [2.24, 2.45) is 22.7 Å². The molecule has 1 heterocycles. The molecule has 0 radical (unpaired) electrons. The first kappa shape index (κ1) is 22.6. The van der Waals surface area contributed by atoms with Crippen LogP contribution in [0.2, 0.25) is 0 Å². The molecule has 3 N–H and O–H groups in total. The molecule has 0 aromatic rings. The third-order valence-corrected chi connectivity index (χ3v) is 7.31. The van der Waals surface area contributed by atoms with Crippen LogP contribution in [-0.4, -0.2) is 92.0 Å². The van der Waals surface area contributed by atoms with E-state index >= 15 is 0 Å². The Hall–Kier alpha value is 0.306. The summed E-state index contributed by atoms with van der Waals surface area (Å²) in [5, 5.41) is 30.4. The van der Waals surface area contributed by atoms with E-state index in [1.165, 1.54) is 5.57 Å². The van der Waals surface area contributed by atoms with Gasteiger partial charge in [-0.1, -0.05) is 26.0 Å². The zero-order chi connectivity index (χ0) is 18.4. The van der Waals surface area contributed by atoms with Crippen LogP contribution in [-0.2, 0) is 9.53 Å². The van der Waals surface area contributed by atoms with Gasteiger partial charge in [-0.05, 0) is 55.8 Å². The topological polar surface area (TPSA) is 87.0 Å². The van der Waals surface area contributed by atoms with Crippen LogP contribution in [0.25, 0.3) is 0 Å². The molecule has 0 spiro atoms. The van der Waals surface area contributed by atoms with E-state index in [0.29, 0.717) is 18.4 Å². The van der Waals surface area contributed by atoms with E-state index < -0.39 is 17.5 Å². The van der Waals surface area contributed by atoms with Crippen molar-refractivity contribution in [2.45, 2.75) is 58.5 Å². The van der Waals surface area contributed by atoms with E-state index in [2.05, 4.69) is 13.5 Å². The average molecular weight is 391 g/mol. The summed E-state index contributed by atoms with van der Waals surface area (Å²) in [5.74, 6) is 0.0490. The maximum atomic E-state index is 11.8. The summed E-state index contributed by atoms with van der Waals surface area (Å²) >= 11 is 0. The Kier molecular flexibility index (Phi) is 7.26. The van der Waals surface area contributed by atoms with Crippen molar-refractivity contribution in [1.82, 2.24) is 0 Å². The van der Waals surface area contributed by atoms with Crippen molar-refractivity contribution < 1.29 is 24.9 Å². The van der Waals surface area contributed by atoms with Crippen LogP contribution in [0.5, 0.6) is 0 Å². The van der Waals surface area contributed by atoms with E-state index in [4.69, 9.17) is 4.74 Å². The van der Waals surface area contributed by atoms with Crippen molar-refractivity contribution in [1.29, 1.82) is 0 Å². The molecular formula is C20H31KO5. The van der Waals surface area contributed by atoms with Gasteiger partial charge in [0, 0.05) is 5.41 Å². The number of allylic oxidation sites excluding steroid dienone is 1. The number of hydrogen-bond acceptors (Lipinski definition) is 5. The van der Waals surface area contributed by atoms with Crippen molar-refractivity contribution in [3.8, 4) is 0 Å². The first-order chi connectivity index (χ1) is 11.7. The Morgan fingerprint density at radius 2 is 2.00 bits per heavy atom. The van der Waals surface area contributed by atoms with Gasteiger partial charge in [-0.15, -0.1) is 0 Å².